The van der Waals surface area contributed by atoms with E-state index in [1.165, 1.54) is 4.68 Å². The van der Waals surface area contributed by atoms with E-state index in [0.717, 1.165) is 10.2 Å². The average molecular weight is 365 g/mol. The predicted octanol–water partition coefficient (Wildman–Crippen LogP) is 3.56. The van der Waals surface area contributed by atoms with Crippen LogP contribution in [0.15, 0.2) is 36.7 Å². The molecule has 1 amide bonds. The number of imidazole rings is 1. The number of amides is 1. The Morgan fingerprint density at radius 2 is 1.92 bits per heavy atom. The van der Waals surface area contributed by atoms with E-state index in [-0.39, 0.29) is 11.3 Å². The Kier molecular flexibility index (Phi) is 5.84. The molecule has 136 valence electrons. The molecular weight excluding hydrogens is 342 g/mol. The second kappa shape index (κ2) is 7.69. The van der Waals surface area contributed by atoms with Crippen LogP contribution < -0.4 is 13.9 Å². The molecule has 7 nitrogen and oxygen atoms in total. The molecule has 0 bridgehead atoms. The monoisotopic (exact) mass is 365 g/mol. The molecule has 0 radical (unpaired) electrons. The number of methoxy groups -OCH3 is 1. The highest BCUT2D eigenvalue weighted by atomic mass is 32.1. The first kappa shape index (κ1) is 19.0. The lowest BCUT2D eigenvalue weighted by Gasteiger charge is -2.31. The first-order valence-corrected chi connectivity index (χ1v) is 8.16. The molecule has 0 saturated heterocycles. The number of nitrogens with zero attached hydrogens (tertiary/aromatic N) is 3. The second-order valence-electron chi connectivity index (χ2n) is 6.61. The average Bonchev–Trinajstić information content (AvgIpc) is 3.02. The molecule has 0 spiro atoms. The van der Waals surface area contributed by atoms with Gasteiger partial charge in [0, 0.05) is 12.4 Å². The fraction of sp³-hybridized carbons (Fsp3) is 0.412. The van der Waals surface area contributed by atoms with Crippen molar-refractivity contribution >= 4 is 18.9 Å². The number of hydrogen-bond acceptors (Lipinski definition) is 5. The van der Waals surface area contributed by atoms with Crippen LogP contribution in [0.1, 0.15) is 32.5 Å². The van der Waals surface area contributed by atoms with E-state index >= 15 is 0 Å². The largest absolute Gasteiger partial charge is 0.497 e. The molecule has 0 aliphatic rings. The van der Waals surface area contributed by atoms with Crippen molar-refractivity contribution in [1.29, 1.82) is 0 Å². The standard InChI is InChI=1S/C17H23N3O4S/c1-17(2,3)14(11-24-13-7-5-12(23-4)6-8-13)15-18-9-10-19(15)20(25)16(21)22/h5-10,14,25H,11H2,1-4H3,(H,21,22). The van der Waals surface area contributed by atoms with Gasteiger partial charge >= 0.3 is 6.09 Å². The van der Waals surface area contributed by atoms with Gasteiger partial charge in [0.05, 0.1) is 19.6 Å². The molecule has 0 fully saturated rings. The van der Waals surface area contributed by atoms with Crippen molar-refractivity contribution in [3.8, 4) is 11.5 Å². The van der Waals surface area contributed by atoms with Gasteiger partial charge in [0.25, 0.3) is 0 Å². The molecular formula is C17H23N3O4S. The summed E-state index contributed by atoms with van der Waals surface area (Å²) in [6.07, 6.45) is 1.92. The van der Waals surface area contributed by atoms with Crippen molar-refractivity contribution < 1.29 is 19.4 Å². The maximum atomic E-state index is 11.2. The maximum absolute atomic E-state index is 11.2. The van der Waals surface area contributed by atoms with Crippen LogP contribution in [0.3, 0.4) is 0 Å². The van der Waals surface area contributed by atoms with Gasteiger partial charge in [-0.15, -0.1) is 0 Å². The van der Waals surface area contributed by atoms with E-state index in [1.807, 2.05) is 24.3 Å². The normalized spacial score (nSPS) is 12.5. The fourth-order valence-electron chi connectivity index (χ4n) is 2.37. The number of thiol groups is 1. The molecule has 2 aromatic rings. The molecule has 0 saturated carbocycles. The molecule has 1 aromatic carbocycles. The fourth-order valence-corrected chi connectivity index (χ4v) is 2.52. The van der Waals surface area contributed by atoms with Crippen molar-refractivity contribution in [2.75, 3.05) is 18.1 Å². The van der Waals surface area contributed by atoms with Crippen molar-refractivity contribution in [2.45, 2.75) is 26.7 Å². The van der Waals surface area contributed by atoms with Gasteiger partial charge in [-0.05, 0) is 42.5 Å². The molecule has 2 rings (SSSR count). The van der Waals surface area contributed by atoms with Gasteiger partial charge < -0.3 is 14.6 Å². The molecule has 8 heteroatoms. The zero-order valence-electron chi connectivity index (χ0n) is 14.7. The Morgan fingerprint density at radius 1 is 1.32 bits per heavy atom. The Labute approximate surface area is 152 Å². The lowest BCUT2D eigenvalue weighted by Crippen LogP contribution is -2.35. The first-order chi connectivity index (χ1) is 11.7. The van der Waals surface area contributed by atoms with Gasteiger partial charge in [0.15, 0.2) is 0 Å². The molecule has 0 aliphatic carbocycles. The van der Waals surface area contributed by atoms with Crippen LogP contribution >= 0.6 is 12.8 Å². The second-order valence-corrected chi connectivity index (χ2v) is 6.99. The third-order valence-corrected chi connectivity index (χ3v) is 4.22. The Morgan fingerprint density at radius 3 is 2.44 bits per heavy atom. The van der Waals surface area contributed by atoms with Gasteiger partial charge in [-0.3, -0.25) is 0 Å². The maximum Gasteiger partial charge on any atom is 0.437 e. The highest BCUT2D eigenvalue weighted by molar-refractivity contribution is 7.82. The van der Waals surface area contributed by atoms with Crippen LogP contribution in [0.5, 0.6) is 11.5 Å². The summed E-state index contributed by atoms with van der Waals surface area (Å²) in [6, 6.07) is 7.30. The third kappa shape index (κ3) is 4.60. The number of carbonyl (C=O) groups is 1. The molecule has 1 aromatic heterocycles. The summed E-state index contributed by atoms with van der Waals surface area (Å²) in [5.41, 5.74) is -0.206. The molecule has 1 heterocycles. The molecule has 1 unspecified atom stereocenters. The van der Waals surface area contributed by atoms with E-state index in [1.54, 1.807) is 19.5 Å². The van der Waals surface area contributed by atoms with Gasteiger partial charge in [-0.1, -0.05) is 20.8 Å². The topological polar surface area (TPSA) is 76.8 Å². The zero-order valence-corrected chi connectivity index (χ0v) is 15.6. The Balaban J connectivity index is 2.23. The summed E-state index contributed by atoms with van der Waals surface area (Å²) in [6.45, 7) is 6.50. The summed E-state index contributed by atoms with van der Waals surface area (Å²) in [4.78, 5) is 15.6. The van der Waals surface area contributed by atoms with Gasteiger partial charge in [-0.25, -0.2) is 14.5 Å². The van der Waals surface area contributed by atoms with Crippen LogP contribution in [0.2, 0.25) is 0 Å². The summed E-state index contributed by atoms with van der Waals surface area (Å²) in [5, 5.41) is 9.18. The SMILES string of the molecule is COc1ccc(OCC(c2nccn2N(S)C(=O)O)C(C)(C)C)cc1. The van der Waals surface area contributed by atoms with E-state index in [4.69, 9.17) is 9.47 Å². The number of hydrogen-bond donors (Lipinski definition) is 2. The summed E-state index contributed by atoms with van der Waals surface area (Å²) in [5.74, 6) is 1.87. The number of carboxylic acid groups (broad SMARTS) is 1. The van der Waals surface area contributed by atoms with Crippen LogP contribution in [-0.2, 0) is 0 Å². The molecule has 25 heavy (non-hydrogen) atoms. The van der Waals surface area contributed by atoms with Gasteiger partial charge in [0.1, 0.15) is 17.3 Å². The highest BCUT2D eigenvalue weighted by Gasteiger charge is 2.32. The zero-order chi connectivity index (χ0) is 18.6. The van der Waals surface area contributed by atoms with Crippen LogP contribution in [0.25, 0.3) is 0 Å². The minimum absolute atomic E-state index is 0.154. The molecule has 0 aliphatic heterocycles. The van der Waals surface area contributed by atoms with Crippen molar-refractivity contribution in [2.24, 2.45) is 5.41 Å². The Bertz CT molecular complexity index is 709. The lowest BCUT2D eigenvalue weighted by molar-refractivity contribution is 0.188. The molecule has 1 N–H and O–H groups in total. The predicted molar refractivity (Wildman–Crippen MR) is 98.1 cm³/mol. The summed E-state index contributed by atoms with van der Waals surface area (Å²) < 4.78 is 13.2. The van der Waals surface area contributed by atoms with Crippen LogP contribution in [-0.4, -0.2) is 34.6 Å². The highest BCUT2D eigenvalue weighted by Crippen LogP contribution is 2.35. The van der Waals surface area contributed by atoms with Gasteiger partial charge in [0.2, 0.25) is 0 Å². The van der Waals surface area contributed by atoms with E-state index in [0.29, 0.717) is 18.2 Å². The van der Waals surface area contributed by atoms with Crippen LogP contribution in [0, 0.1) is 5.41 Å². The van der Waals surface area contributed by atoms with Crippen molar-refractivity contribution in [1.82, 2.24) is 9.66 Å². The molecule has 1 atom stereocenters. The lowest BCUT2D eigenvalue weighted by atomic mass is 9.80. The van der Waals surface area contributed by atoms with Gasteiger partial charge in [-0.2, -0.15) is 4.41 Å². The summed E-state index contributed by atoms with van der Waals surface area (Å²) in [7, 11) is 1.61. The number of benzene rings is 1. The number of rotatable bonds is 6. The first-order valence-electron chi connectivity index (χ1n) is 7.76. The van der Waals surface area contributed by atoms with Crippen LogP contribution in [0.4, 0.5) is 4.79 Å². The number of aromatic nitrogens is 2. The smallest absolute Gasteiger partial charge is 0.437 e. The summed E-state index contributed by atoms with van der Waals surface area (Å²) >= 11 is 4.00. The van der Waals surface area contributed by atoms with E-state index < -0.39 is 6.09 Å². The van der Waals surface area contributed by atoms with Crippen molar-refractivity contribution in [3.63, 3.8) is 0 Å². The van der Waals surface area contributed by atoms with E-state index in [2.05, 4.69) is 38.6 Å². The number of ether oxygens (including phenoxy) is 2. The Hall–Kier alpha value is -2.35. The third-order valence-electron chi connectivity index (χ3n) is 3.86. The van der Waals surface area contributed by atoms with E-state index in [9.17, 15) is 9.90 Å². The minimum Gasteiger partial charge on any atom is -0.497 e. The van der Waals surface area contributed by atoms with Crippen molar-refractivity contribution in [3.05, 3.63) is 42.5 Å². The quantitative estimate of drug-likeness (QED) is 0.766. The minimum atomic E-state index is -1.19.